The molecule has 0 saturated heterocycles. The van der Waals surface area contributed by atoms with Crippen LogP contribution < -0.4 is 5.32 Å². The Labute approximate surface area is 112 Å². The third kappa shape index (κ3) is 4.86. The van der Waals surface area contributed by atoms with Crippen molar-refractivity contribution >= 4 is 0 Å². The van der Waals surface area contributed by atoms with E-state index in [2.05, 4.69) is 10.4 Å². The van der Waals surface area contributed by atoms with E-state index in [0.717, 1.165) is 4.68 Å². The fourth-order valence-electron chi connectivity index (χ4n) is 1.73. The van der Waals surface area contributed by atoms with Crippen LogP contribution in [0.3, 0.4) is 0 Å². The second-order valence-electron chi connectivity index (χ2n) is 6.20. The molecule has 1 aromatic rings. The molecule has 0 aromatic carbocycles. The molecule has 0 bridgehead atoms. The van der Waals surface area contributed by atoms with Gasteiger partial charge in [0, 0.05) is 24.2 Å². The Balaban J connectivity index is 3.02. The second kappa shape index (κ2) is 5.53. The molecule has 3 nitrogen and oxygen atoms in total. The lowest BCUT2D eigenvalue weighted by molar-refractivity contribution is -0.145. The highest BCUT2D eigenvalue weighted by Gasteiger charge is 2.38. The van der Waals surface area contributed by atoms with Crippen LogP contribution in [0.5, 0.6) is 0 Å². The molecule has 0 aliphatic carbocycles. The molecule has 6 heteroatoms. The van der Waals surface area contributed by atoms with Crippen LogP contribution in [0.25, 0.3) is 0 Å². The topological polar surface area (TPSA) is 29.9 Å². The van der Waals surface area contributed by atoms with E-state index in [9.17, 15) is 13.2 Å². The van der Waals surface area contributed by atoms with Gasteiger partial charge in [0.2, 0.25) is 0 Å². The molecule has 0 atom stereocenters. The van der Waals surface area contributed by atoms with Crippen molar-refractivity contribution in [3.8, 4) is 0 Å². The summed E-state index contributed by atoms with van der Waals surface area (Å²) in [7, 11) is 0. The van der Waals surface area contributed by atoms with Crippen LogP contribution in [0.4, 0.5) is 13.2 Å². The molecule has 1 aromatic heterocycles. The van der Waals surface area contributed by atoms with Gasteiger partial charge >= 0.3 is 6.18 Å². The van der Waals surface area contributed by atoms with Gasteiger partial charge in [-0.2, -0.15) is 18.3 Å². The first-order valence-corrected chi connectivity index (χ1v) is 6.37. The molecular formula is C13H22F3N3. The van der Waals surface area contributed by atoms with Crippen LogP contribution in [0, 0.1) is 5.92 Å². The van der Waals surface area contributed by atoms with E-state index in [1.54, 1.807) is 0 Å². The summed E-state index contributed by atoms with van der Waals surface area (Å²) in [5, 5.41) is 6.94. The molecule has 19 heavy (non-hydrogen) atoms. The predicted molar refractivity (Wildman–Crippen MR) is 68.7 cm³/mol. The molecule has 0 fully saturated rings. The number of nitrogens with one attached hydrogen (secondary N) is 1. The molecule has 1 heterocycles. The fraction of sp³-hybridized carbons (Fsp3) is 0.769. The van der Waals surface area contributed by atoms with Crippen molar-refractivity contribution in [1.29, 1.82) is 0 Å². The lowest BCUT2D eigenvalue weighted by Gasteiger charge is -2.21. The first kappa shape index (κ1) is 16.0. The van der Waals surface area contributed by atoms with Crippen LogP contribution in [-0.4, -0.2) is 15.3 Å². The standard InChI is InChI=1S/C13H22F3N3/c1-9(2)8-19-11(13(14,15)16)10(7-18-19)6-17-12(3,4)5/h7,9,17H,6,8H2,1-5H3. The van der Waals surface area contributed by atoms with Gasteiger partial charge in [-0.05, 0) is 26.7 Å². The first-order chi connectivity index (χ1) is 8.50. The zero-order valence-electron chi connectivity index (χ0n) is 12.1. The summed E-state index contributed by atoms with van der Waals surface area (Å²) in [6.07, 6.45) is -3.07. The van der Waals surface area contributed by atoms with Gasteiger partial charge in [-0.15, -0.1) is 0 Å². The molecule has 110 valence electrons. The Hall–Kier alpha value is -1.04. The maximum atomic E-state index is 13.1. The number of alkyl halides is 3. The summed E-state index contributed by atoms with van der Waals surface area (Å²) in [6, 6.07) is 0. The van der Waals surface area contributed by atoms with Gasteiger partial charge in [0.05, 0.1) is 6.20 Å². The largest absolute Gasteiger partial charge is 0.433 e. The van der Waals surface area contributed by atoms with Gasteiger partial charge in [-0.3, -0.25) is 4.68 Å². The summed E-state index contributed by atoms with van der Waals surface area (Å²) in [6.45, 7) is 9.92. The van der Waals surface area contributed by atoms with Gasteiger partial charge in [0.15, 0.2) is 0 Å². The molecule has 0 radical (unpaired) electrons. The van der Waals surface area contributed by atoms with Crippen LogP contribution in [0.1, 0.15) is 45.9 Å². The van der Waals surface area contributed by atoms with E-state index in [-0.39, 0.29) is 30.1 Å². The monoisotopic (exact) mass is 277 g/mol. The van der Waals surface area contributed by atoms with Crippen molar-refractivity contribution in [1.82, 2.24) is 15.1 Å². The zero-order valence-corrected chi connectivity index (χ0v) is 12.1. The van der Waals surface area contributed by atoms with Crippen LogP contribution in [0.15, 0.2) is 6.20 Å². The highest BCUT2D eigenvalue weighted by Crippen LogP contribution is 2.32. The zero-order chi connectivity index (χ0) is 14.8. The van der Waals surface area contributed by atoms with E-state index >= 15 is 0 Å². The maximum absolute atomic E-state index is 13.1. The number of hydrogen-bond donors (Lipinski definition) is 1. The summed E-state index contributed by atoms with van der Waals surface area (Å²) >= 11 is 0. The number of aromatic nitrogens is 2. The van der Waals surface area contributed by atoms with Crippen molar-refractivity contribution in [2.45, 2.75) is 59.4 Å². The lowest BCUT2D eigenvalue weighted by atomic mass is 10.1. The molecular weight excluding hydrogens is 255 g/mol. The van der Waals surface area contributed by atoms with Gasteiger partial charge in [0.1, 0.15) is 5.69 Å². The molecule has 0 aliphatic heterocycles. The van der Waals surface area contributed by atoms with Crippen molar-refractivity contribution < 1.29 is 13.2 Å². The normalized spacial score (nSPS) is 13.3. The van der Waals surface area contributed by atoms with Gasteiger partial charge in [0.25, 0.3) is 0 Å². The Morgan fingerprint density at radius 1 is 1.26 bits per heavy atom. The van der Waals surface area contributed by atoms with Crippen molar-refractivity contribution in [3.05, 3.63) is 17.5 Å². The number of nitrogens with zero attached hydrogens (tertiary/aromatic N) is 2. The van der Waals surface area contributed by atoms with Gasteiger partial charge < -0.3 is 5.32 Å². The summed E-state index contributed by atoms with van der Waals surface area (Å²) in [5.41, 5.74) is -0.677. The minimum Gasteiger partial charge on any atom is -0.308 e. The first-order valence-electron chi connectivity index (χ1n) is 6.37. The van der Waals surface area contributed by atoms with Crippen molar-refractivity contribution in [3.63, 3.8) is 0 Å². The van der Waals surface area contributed by atoms with Crippen molar-refractivity contribution in [2.75, 3.05) is 0 Å². The molecule has 1 N–H and O–H groups in total. The Morgan fingerprint density at radius 2 is 1.84 bits per heavy atom. The third-order valence-electron chi connectivity index (χ3n) is 2.53. The van der Waals surface area contributed by atoms with Crippen LogP contribution >= 0.6 is 0 Å². The number of halogens is 3. The predicted octanol–water partition coefficient (Wildman–Crippen LogP) is 3.45. The van der Waals surface area contributed by atoms with E-state index in [4.69, 9.17) is 0 Å². The molecule has 0 aliphatic rings. The highest BCUT2D eigenvalue weighted by molar-refractivity contribution is 5.21. The van der Waals surface area contributed by atoms with Gasteiger partial charge in [-0.1, -0.05) is 13.8 Å². The van der Waals surface area contributed by atoms with Crippen molar-refractivity contribution in [2.24, 2.45) is 5.92 Å². The average molecular weight is 277 g/mol. The number of rotatable bonds is 4. The van der Waals surface area contributed by atoms with Crippen LogP contribution in [-0.2, 0) is 19.3 Å². The molecule has 0 saturated carbocycles. The summed E-state index contributed by atoms with van der Waals surface area (Å²) < 4.78 is 40.4. The molecule has 0 unspecified atom stereocenters. The quantitative estimate of drug-likeness (QED) is 0.913. The Bertz CT molecular complexity index is 414. The lowest BCUT2D eigenvalue weighted by Crippen LogP contribution is -2.35. The van der Waals surface area contributed by atoms with E-state index in [1.165, 1.54) is 6.20 Å². The number of hydrogen-bond acceptors (Lipinski definition) is 2. The smallest absolute Gasteiger partial charge is 0.308 e. The van der Waals surface area contributed by atoms with E-state index in [0.29, 0.717) is 0 Å². The molecule has 0 spiro atoms. The Morgan fingerprint density at radius 3 is 2.26 bits per heavy atom. The average Bonchev–Trinajstić information content (AvgIpc) is 2.55. The Kier molecular flexibility index (Phi) is 4.66. The molecule has 0 amide bonds. The maximum Gasteiger partial charge on any atom is 0.433 e. The minimum atomic E-state index is -4.37. The highest BCUT2D eigenvalue weighted by atomic mass is 19.4. The summed E-state index contributed by atoms with van der Waals surface area (Å²) in [5.74, 6) is 0.115. The fourth-order valence-corrected chi connectivity index (χ4v) is 1.73. The summed E-state index contributed by atoms with van der Waals surface area (Å²) in [4.78, 5) is 0. The SMILES string of the molecule is CC(C)Cn1ncc(CNC(C)(C)C)c1C(F)(F)F. The van der Waals surface area contributed by atoms with Crippen LogP contribution in [0.2, 0.25) is 0 Å². The second-order valence-corrected chi connectivity index (χ2v) is 6.20. The molecule has 1 rings (SSSR count). The van der Waals surface area contributed by atoms with E-state index in [1.807, 2.05) is 34.6 Å². The van der Waals surface area contributed by atoms with E-state index < -0.39 is 11.9 Å². The van der Waals surface area contributed by atoms with Gasteiger partial charge in [-0.25, -0.2) is 0 Å². The minimum absolute atomic E-state index is 0.115. The third-order valence-corrected chi connectivity index (χ3v) is 2.53.